The highest BCUT2D eigenvalue weighted by Crippen LogP contribution is 2.21. The molecule has 1 atom stereocenters. The fourth-order valence-electron chi connectivity index (χ4n) is 2.62. The van der Waals surface area contributed by atoms with Gasteiger partial charge < -0.3 is 10.2 Å². The average molecular weight is 248 g/mol. The lowest BCUT2D eigenvalue weighted by molar-refractivity contribution is 0.605. The highest BCUT2D eigenvalue weighted by molar-refractivity contribution is 5.33. The lowest BCUT2D eigenvalue weighted by Crippen LogP contribution is -2.37. The molecule has 1 aromatic rings. The lowest BCUT2D eigenvalue weighted by atomic mass is 10.1. The van der Waals surface area contributed by atoms with E-state index >= 15 is 0 Å². The molecule has 2 rings (SSSR count). The Kier molecular flexibility index (Phi) is 4.53. The van der Waals surface area contributed by atoms with Crippen molar-refractivity contribution in [2.45, 2.75) is 39.2 Å². The Morgan fingerprint density at radius 1 is 1.39 bits per heavy atom. The zero-order chi connectivity index (χ0) is 13.0. The van der Waals surface area contributed by atoms with Crippen LogP contribution in [0.1, 0.15) is 32.3 Å². The Morgan fingerprint density at radius 3 is 2.72 bits per heavy atom. The maximum absolute atomic E-state index is 4.53. The first-order valence-electron chi connectivity index (χ1n) is 6.93. The molecular weight excluding hydrogens is 224 g/mol. The van der Waals surface area contributed by atoms with Crippen molar-refractivity contribution in [3.8, 4) is 0 Å². The van der Waals surface area contributed by atoms with Crippen LogP contribution in [0.4, 0.5) is 5.95 Å². The number of rotatable bonds is 5. The van der Waals surface area contributed by atoms with Gasteiger partial charge in [0.25, 0.3) is 0 Å². The first kappa shape index (κ1) is 13.3. The van der Waals surface area contributed by atoms with Gasteiger partial charge in [0.15, 0.2) is 0 Å². The molecule has 100 valence electrons. The average Bonchev–Trinajstić information content (AvgIpc) is 2.78. The molecule has 1 unspecified atom stereocenters. The fourth-order valence-corrected chi connectivity index (χ4v) is 2.62. The molecule has 0 amide bonds. The van der Waals surface area contributed by atoms with Crippen molar-refractivity contribution in [1.29, 1.82) is 0 Å². The quantitative estimate of drug-likeness (QED) is 0.863. The van der Waals surface area contributed by atoms with Crippen LogP contribution in [0, 0.1) is 5.92 Å². The van der Waals surface area contributed by atoms with Gasteiger partial charge in [0, 0.05) is 31.5 Å². The molecular formula is C14H24N4. The van der Waals surface area contributed by atoms with Crippen LogP contribution < -0.4 is 10.2 Å². The number of hydrogen-bond acceptors (Lipinski definition) is 4. The molecule has 4 nitrogen and oxygen atoms in total. The Morgan fingerprint density at radius 2 is 2.11 bits per heavy atom. The molecule has 2 heterocycles. The van der Waals surface area contributed by atoms with Gasteiger partial charge in [-0.2, -0.15) is 0 Å². The van der Waals surface area contributed by atoms with Gasteiger partial charge in [0.2, 0.25) is 5.95 Å². The summed E-state index contributed by atoms with van der Waals surface area (Å²) in [5, 5.41) is 3.25. The normalized spacial score (nSPS) is 19.8. The van der Waals surface area contributed by atoms with E-state index in [9.17, 15) is 0 Å². The summed E-state index contributed by atoms with van der Waals surface area (Å²) in [6.45, 7) is 6.53. The van der Waals surface area contributed by atoms with E-state index in [1.807, 2.05) is 19.4 Å². The standard InChI is InChI=1S/C14H24N4/c1-11(2)7-12-8-16-14(17-9-12)18-6-4-5-13(18)10-15-3/h8-9,11,13,15H,4-7,10H2,1-3H3. The summed E-state index contributed by atoms with van der Waals surface area (Å²) in [5.74, 6) is 1.54. The molecule has 0 bridgehead atoms. The number of aromatic nitrogens is 2. The minimum absolute atomic E-state index is 0.547. The van der Waals surface area contributed by atoms with Gasteiger partial charge in [-0.15, -0.1) is 0 Å². The second-order valence-electron chi connectivity index (χ2n) is 5.54. The third-order valence-corrected chi connectivity index (χ3v) is 3.41. The summed E-state index contributed by atoms with van der Waals surface area (Å²) in [6, 6.07) is 0.547. The predicted octanol–water partition coefficient (Wildman–Crippen LogP) is 1.86. The molecule has 0 aliphatic carbocycles. The maximum atomic E-state index is 4.53. The van der Waals surface area contributed by atoms with E-state index in [1.54, 1.807) is 0 Å². The second kappa shape index (κ2) is 6.14. The highest BCUT2D eigenvalue weighted by atomic mass is 15.3. The van der Waals surface area contributed by atoms with Gasteiger partial charge in [0.1, 0.15) is 0 Å². The van der Waals surface area contributed by atoms with E-state index in [4.69, 9.17) is 0 Å². The van der Waals surface area contributed by atoms with Crippen LogP contribution in [-0.4, -0.2) is 36.1 Å². The van der Waals surface area contributed by atoms with Gasteiger partial charge in [0.05, 0.1) is 0 Å². The summed E-state index contributed by atoms with van der Waals surface area (Å²) >= 11 is 0. The first-order chi connectivity index (χ1) is 8.70. The van der Waals surface area contributed by atoms with Crippen molar-refractivity contribution in [2.24, 2.45) is 5.92 Å². The number of anilines is 1. The Balaban J connectivity index is 2.04. The Hall–Kier alpha value is -1.16. The van der Waals surface area contributed by atoms with Crippen LogP contribution in [0.2, 0.25) is 0 Å². The van der Waals surface area contributed by atoms with E-state index in [0.29, 0.717) is 12.0 Å². The lowest BCUT2D eigenvalue weighted by Gasteiger charge is -2.24. The SMILES string of the molecule is CNCC1CCCN1c1ncc(CC(C)C)cn1. The molecule has 1 aliphatic heterocycles. The zero-order valence-corrected chi connectivity index (χ0v) is 11.7. The molecule has 18 heavy (non-hydrogen) atoms. The molecule has 0 aromatic carbocycles. The topological polar surface area (TPSA) is 41.0 Å². The molecule has 1 fully saturated rings. The summed E-state index contributed by atoms with van der Waals surface area (Å²) in [5.41, 5.74) is 1.23. The van der Waals surface area contributed by atoms with Crippen molar-refractivity contribution >= 4 is 5.95 Å². The third kappa shape index (κ3) is 3.19. The molecule has 1 aromatic heterocycles. The molecule has 4 heteroatoms. The van der Waals surface area contributed by atoms with Gasteiger partial charge >= 0.3 is 0 Å². The van der Waals surface area contributed by atoms with E-state index in [1.165, 1.54) is 18.4 Å². The predicted molar refractivity (Wildman–Crippen MR) is 74.9 cm³/mol. The van der Waals surface area contributed by atoms with Crippen molar-refractivity contribution in [3.63, 3.8) is 0 Å². The molecule has 1 aliphatic rings. The van der Waals surface area contributed by atoms with Crippen LogP contribution in [0.3, 0.4) is 0 Å². The van der Waals surface area contributed by atoms with Gasteiger partial charge in [-0.25, -0.2) is 9.97 Å². The minimum Gasteiger partial charge on any atom is -0.337 e. The molecule has 1 saturated heterocycles. The van der Waals surface area contributed by atoms with E-state index in [2.05, 4.69) is 34.0 Å². The van der Waals surface area contributed by atoms with Crippen LogP contribution >= 0.6 is 0 Å². The smallest absolute Gasteiger partial charge is 0.225 e. The summed E-state index contributed by atoms with van der Waals surface area (Å²) in [6.07, 6.45) is 7.50. The second-order valence-corrected chi connectivity index (χ2v) is 5.54. The van der Waals surface area contributed by atoms with Gasteiger partial charge in [-0.3, -0.25) is 0 Å². The molecule has 0 spiro atoms. The number of likely N-dealkylation sites (N-methyl/N-ethyl adjacent to an activating group) is 1. The van der Waals surface area contributed by atoms with Crippen LogP contribution in [0.5, 0.6) is 0 Å². The van der Waals surface area contributed by atoms with E-state index < -0.39 is 0 Å². The van der Waals surface area contributed by atoms with E-state index in [-0.39, 0.29) is 0 Å². The number of hydrogen-bond donors (Lipinski definition) is 1. The molecule has 0 radical (unpaired) electrons. The monoisotopic (exact) mass is 248 g/mol. The van der Waals surface area contributed by atoms with Crippen LogP contribution in [0.15, 0.2) is 12.4 Å². The Bertz CT molecular complexity index is 361. The Labute approximate surface area is 110 Å². The third-order valence-electron chi connectivity index (χ3n) is 3.41. The minimum atomic E-state index is 0.547. The number of nitrogens with zero attached hydrogens (tertiary/aromatic N) is 3. The van der Waals surface area contributed by atoms with Crippen LogP contribution in [-0.2, 0) is 6.42 Å². The van der Waals surface area contributed by atoms with Crippen LogP contribution in [0.25, 0.3) is 0 Å². The van der Waals surface area contributed by atoms with Crippen molar-refractivity contribution in [2.75, 3.05) is 25.0 Å². The summed E-state index contributed by atoms with van der Waals surface area (Å²) in [7, 11) is 2.00. The maximum Gasteiger partial charge on any atom is 0.225 e. The molecule has 0 saturated carbocycles. The number of nitrogens with one attached hydrogen (secondary N) is 1. The highest BCUT2D eigenvalue weighted by Gasteiger charge is 2.25. The van der Waals surface area contributed by atoms with Crippen molar-refractivity contribution < 1.29 is 0 Å². The fraction of sp³-hybridized carbons (Fsp3) is 0.714. The first-order valence-corrected chi connectivity index (χ1v) is 6.93. The largest absolute Gasteiger partial charge is 0.337 e. The zero-order valence-electron chi connectivity index (χ0n) is 11.7. The summed E-state index contributed by atoms with van der Waals surface area (Å²) < 4.78 is 0. The van der Waals surface area contributed by atoms with Gasteiger partial charge in [-0.05, 0) is 37.8 Å². The van der Waals surface area contributed by atoms with Gasteiger partial charge in [-0.1, -0.05) is 13.8 Å². The summed E-state index contributed by atoms with van der Waals surface area (Å²) in [4.78, 5) is 11.4. The van der Waals surface area contributed by atoms with Crippen molar-refractivity contribution in [3.05, 3.63) is 18.0 Å². The molecule has 1 N–H and O–H groups in total. The van der Waals surface area contributed by atoms with E-state index in [0.717, 1.165) is 25.5 Å². The van der Waals surface area contributed by atoms with Crippen molar-refractivity contribution in [1.82, 2.24) is 15.3 Å².